The van der Waals surface area contributed by atoms with Crippen LogP contribution < -0.4 is 4.74 Å². The van der Waals surface area contributed by atoms with E-state index in [2.05, 4.69) is 18.7 Å². The normalized spacial score (nSPS) is 21.5. The van der Waals surface area contributed by atoms with E-state index in [1.807, 2.05) is 61.5 Å². The largest absolute Gasteiger partial charge is 0.494 e. The molecule has 2 heterocycles. The Morgan fingerprint density at radius 2 is 1.56 bits per heavy atom. The zero-order valence-electron chi connectivity index (χ0n) is 19.2. The Morgan fingerprint density at radius 1 is 0.906 bits per heavy atom. The highest BCUT2D eigenvalue weighted by molar-refractivity contribution is 6.35. The van der Waals surface area contributed by atoms with Crippen molar-refractivity contribution < 1.29 is 14.3 Å². The van der Waals surface area contributed by atoms with Gasteiger partial charge in [0, 0.05) is 19.6 Å². The molecule has 2 amide bonds. The molecule has 0 aliphatic carbocycles. The van der Waals surface area contributed by atoms with Crippen molar-refractivity contribution in [2.75, 3.05) is 26.2 Å². The SMILES string of the molecule is CCOc1ccc(C2=C(N3CC(C)CC(C)C3)C(=O)N(CCc3ccccc3)C2=O)cc1. The molecule has 5 nitrogen and oxygen atoms in total. The molecule has 0 spiro atoms. The van der Waals surface area contributed by atoms with Crippen LogP contribution in [-0.2, 0) is 16.0 Å². The van der Waals surface area contributed by atoms with Crippen LogP contribution in [0, 0.1) is 11.8 Å². The molecule has 0 bridgehead atoms. The summed E-state index contributed by atoms with van der Waals surface area (Å²) in [5.41, 5.74) is 2.97. The van der Waals surface area contributed by atoms with E-state index >= 15 is 0 Å². The van der Waals surface area contributed by atoms with Crippen molar-refractivity contribution in [1.29, 1.82) is 0 Å². The lowest BCUT2D eigenvalue weighted by Crippen LogP contribution is -2.42. The molecule has 32 heavy (non-hydrogen) atoms. The molecular weight excluding hydrogens is 400 g/mol. The summed E-state index contributed by atoms with van der Waals surface area (Å²) < 4.78 is 5.56. The number of piperidine rings is 1. The van der Waals surface area contributed by atoms with E-state index in [0.29, 0.717) is 42.7 Å². The molecular formula is C27H32N2O3. The molecule has 0 N–H and O–H groups in total. The lowest BCUT2D eigenvalue weighted by molar-refractivity contribution is -0.137. The number of amides is 2. The number of carbonyl (C=O) groups is 2. The molecule has 1 fully saturated rings. The number of likely N-dealkylation sites (tertiary alicyclic amines) is 1. The fraction of sp³-hybridized carbons (Fsp3) is 0.407. The summed E-state index contributed by atoms with van der Waals surface area (Å²) in [4.78, 5) is 30.7. The molecule has 1 saturated heterocycles. The monoisotopic (exact) mass is 432 g/mol. The first-order valence-electron chi connectivity index (χ1n) is 11.6. The van der Waals surface area contributed by atoms with Gasteiger partial charge in [0.1, 0.15) is 11.4 Å². The number of rotatable bonds is 7. The second-order valence-corrected chi connectivity index (χ2v) is 9.03. The summed E-state index contributed by atoms with van der Waals surface area (Å²) in [6.45, 7) is 8.93. The lowest BCUT2D eigenvalue weighted by Gasteiger charge is -2.37. The van der Waals surface area contributed by atoms with Gasteiger partial charge < -0.3 is 9.64 Å². The van der Waals surface area contributed by atoms with E-state index in [1.54, 1.807) is 0 Å². The predicted octanol–water partition coefficient (Wildman–Crippen LogP) is 4.39. The highest BCUT2D eigenvalue weighted by atomic mass is 16.5. The molecule has 0 aromatic heterocycles. The van der Waals surface area contributed by atoms with Gasteiger partial charge >= 0.3 is 0 Å². The van der Waals surface area contributed by atoms with Crippen molar-refractivity contribution in [3.05, 3.63) is 71.4 Å². The molecule has 4 rings (SSSR count). The van der Waals surface area contributed by atoms with Gasteiger partial charge in [0.05, 0.1) is 12.2 Å². The van der Waals surface area contributed by atoms with Gasteiger partial charge in [0.25, 0.3) is 11.8 Å². The first kappa shape index (κ1) is 22.1. The van der Waals surface area contributed by atoms with Crippen molar-refractivity contribution in [2.45, 2.75) is 33.6 Å². The molecule has 2 atom stereocenters. The van der Waals surface area contributed by atoms with Crippen molar-refractivity contribution in [3.8, 4) is 5.75 Å². The summed E-state index contributed by atoms with van der Waals surface area (Å²) >= 11 is 0. The number of hydrogen-bond donors (Lipinski definition) is 0. The topological polar surface area (TPSA) is 49.9 Å². The Morgan fingerprint density at radius 3 is 2.19 bits per heavy atom. The summed E-state index contributed by atoms with van der Waals surface area (Å²) in [6, 6.07) is 17.5. The van der Waals surface area contributed by atoms with Crippen molar-refractivity contribution in [3.63, 3.8) is 0 Å². The molecule has 2 aromatic rings. The maximum absolute atomic E-state index is 13.6. The van der Waals surface area contributed by atoms with Gasteiger partial charge in [-0.1, -0.05) is 56.3 Å². The van der Waals surface area contributed by atoms with Crippen LogP contribution in [0.2, 0.25) is 0 Å². The second-order valence-electron chi connectivity index (χ2n) is 9.03. The molecule has 2 aliphatic rings. The summed E-state index contributed by atoms with van der Waals surface area (Å²) in [5, 5.41) is 0. The lowest BCUT2D eigenvalue weighted by atomic mass is 9.91. The second kappa shape index (κ2) is 9.60. The van der Waals surface area contributed by atoms with Crippen LogP contribution in [-0.4, -0.2) is 47.9 Å². The molecule has 2 aromatic carbocycles. The minimum absolute atomic E-state index is 0.170. The highest BCUT2D eigenvalue weighted by Crippen LogP contribution is 2.35. The number of nitrogens with zero attached hydrogens (tertiary/aromatic N) is 2. The minimum atomic E-state index is -0.198. The zero-order valence-corrected chi connectivity index (χ0v) is 19.2. The number of imide groups is 1. The predicted molar refractivity (Wildman–Crippen MR) is 126 cm³/mol. The Hall–Kier alpha value is -3.08. The van der Waals surface area contributed by atoms with E-state index < -0.39 is 0 Å². The average Bonchev–Trinajstić information content (AvgIpc) is 3.03. The first-order chi connectivity index (χ1) is 15.5. The van der Waals surface area contributed by atoms with Crippen LogP contribution in [0.25, 0.3) is 5.57 Å². The quantitative estimate of drug-likeness (QED) is 0.609. The standard InChI is InChI=1S/C27H32N2O3/c1-4-32-23-12-10-22(11-13-23)24-25(28-17-19(2)16-20(3)18-28)27(31)29(26(24)30)15-14-21-8-6-5-7-9-21/h5-13,19-20H,4,14-18H2,1-3H3. The fourth-order valence-corrected chi connectivity index (χ4v) is 4.94. The van der Waals surface area contributed by atoms with Gasteiger partial charge in [-0.25, -0.2) is 0 Å². The first-order valence-corrected chi connectivity index (χ1v) is 11.6. The number of carbonyl (C=O) groups excluding carboxylic acids is 2. The third-order valence-electron chi connectivity index (χ3n) is 6.25. The van der Waals surface area contributed by atoms with Crippen LogP contribution in [0.3, 0.4) is 0 Å². The van der Waals surface area contributed by atoms with Crippen LogP contribution in [0.1, 0.15) is 38.3 Å². The van der Waals surface area contributed by atoms with E-state index in [0.717, 1.165) is 36.4 Å². The Bertz CT molecular complexity index is 987. The molecule has 2 unspecified atom stereocenters. The molecule has 2 aliphatic heterocycles. The van der Waals surface area contributed by atoms with Crippen molar-refractivity contribution in [1.82, 2.24) is 9.80 Å². The highest BCUT2D eigenvalue weighted by Gasteiger charge is 2.42. The smallest absolute Gasteiger partial charge is 0.277 e. The van der Waals surface area contributed by atoms with Gasteiger partial charge in [0.2, 0.25) is 0 Å². The third-order valence-corrected chi connectivity index (χ3v) is 6.25. The van der Waals surface area contributed by atoms with Gasteiger partial charge in [-0.3, -0.25) is 14.5 Å². The molecule has 168 valence electrons. The maximum Gasteiger partial charge on any atom is 0.277 e. The van der Waals surface area contributed by atoms with Crippen LogP contribution in [0.4, 0.5) is 0 Å². The van der Waals surface area contributed by atoms with E-state index in [1.165, 1.54) is 4.90 Å². The van der Waals surface area contributed by atoms with Gasteiger partial charge in [-0.2, -0.15) is 0 Å². The van der Waals surface area contributed by atoms with Crippen molar-refractivity contribution >= 4 is 17.4 Å². The van der Waals surface area contributed by atoms with Crippen LogP contribution in [0.5, 0.6) is 5.75 Å². The van der Waals surface area contributed by atoms with E-state index in [9.17, 15) is 9.59 Å². The Balaban J connectivity index is 1.67. The van der Waals surface area contributed by atoms with Gasteiger partial charge in [-0.05, 0) is 54.9 Å². The zero-order chi connectivity index (χ0) is 22.7. The third kappa shape index (κ3) is 4.57. The average molecular weight is 433 g/mol. The number of benzene rings is 2. The van der Waals surface area contributed by atoms with Gasteiger partial charge in [-0.15, -0.1) is 0 Å². The Labute approximate surface area is 190 Å². The summed E-state index contributed by atoms with van der Waals surface area (Å²) in [6.07, 6.45) is 1.79. The number of hydrogen-bond acceptors (Lipinski definition) is 4. The number of ether oxygens (including phenoxy) is 1. The Kier molecular flexibility index (Phi) is 6.63. The van der Waals surface area contributed by atoms with Crippen molar-refractivity contribution in [2.24, 2.45) is 11.8 Å². The maximum atomic E-state index is 13.6. The van der Waals surface area contributed by atoms with Crippen LogP contribution in [0.15, 0.2) is 60.3 Å². The van der Waals surface area contributed by atoms with E-state index in [4.69, 9.17) is 4.74 Å². The van der Waals surface area contributed by atoms with Gasteiger partial charge in [0.15, 0.2) is 0 Å². The van der Waals surface area contributed by atoms with E-state index in [-0.39, 0.29) is 11.8 Å². The molecule has 5 heteroatoms. The summed E-state index contributed by atoms with van der Waals surface area (Å²) in [5.74, 6) is 1.35. The minimum Gasteiger partial charge on any atom is -0.494 e. The summed E-state index contributed by atoms with van der Waals surface area (Å²) in [7, 11) is 0. The van der Waals surface area contributed by atoms with Crippen LogP contribution >= 0.6 is 0 Å². The fourth-order valence-electron chi connectivity index (χ4n) is 4.94. The molecule has 0 saturated carbocycles. The molecule has 0 radical (unpaired) electrons.